The van der Waals surface area contributed by atoms with Crippen LogP contribution in [0.4, 0.5) is 11.5 Å². The monoisotopic (exact) mass is 264 g/mol. The highest BCUT2D eigenvalue weighted by Gasteiger charge is 2.17. The largest absolute Gasteiger partial charge is 0.367 e. The van der Waals surface area contributed by atoms with Crippen LogP contribution in [0.25, 0.3) is 0 Å². The highest BCUT2D eigenvalue weighted by Crippen LogP contribution is 2.18. The lowest BCUT2D eigenvalue weighted by atomic mass is 10.0. The third-order valence-electron chi connectivity index (χ3n) is 3.52. The Labute approximate surface area is 113 Å². The minimum Gasteiger partial charge on any atom is -0.367 e. The van der Waals surface area contributed by atoms with E-state index in [4.69, 9.17) is 0 Å². The zero-order chi connectivity index (χ0) is 13.7. The van der Waals surface area contributed by atoms with Crippen molar-refractivity contribution >= 4 is 11.5 Å². The van der Waals surface area contributed by atoms with Crippen LogP contribution in [0.15, 0.2) is 18.3 Å². The molecule has 1 aliphatic heterocycles. The lowest BCUT2D eigenvalue weighted by Gasteiger charge is -2.30. The number of rotatable bonds is 5. The van der Waals surface area contributed by atoms with Crippen LogP contribution in [-0.2, 0) is 0 Å². The number of pyridine rings is 1. The molecule has 2 heterocycles. The zero-order valence-corrected chi connectivity index (χ0v) is 11.2. The topological polar surface area (TPSA) is 71.3 Å². The van der Waals surface area contributed by atoms with Gasteiger partial charge >= 0.3 is 5.82 Å². The lowest BCUT2D eigenvalue weighted by molar-refractivity contribution is -0.389. The van der Waals surface area contributed by atoms with Gasteiger partial charge < -0.3 is 20.3 Å². The summed E-state index contributed by atoms with van der Waals surface area (Å²) < 4.78 is 0. The van der Waals surface area contributed by atoms with Gasteiger partial charge in [0.15, 0.2) is 6.20 Å². The number of anilines is 1. The standard InChI is InChI=1S/C13H20N4O2/c1-2-16(10-11-5-3-4-8-14-11)12-6-7-13(15-9-12)17(18)19/h6-7,9,11,14H,2-5,8,10H2,1H3. The maximum absolute atomic E-state index is 10.6. The van der Waals surface area contributed by atoms with E-state index in [1.54, 1.807) is 12.3 Å². The molecule has 6 heteroatoms. The SMILES string of the molecule is CCN(CC1CCCCN1)c1ccc([N+](=O)[O-])nc1. The summed E-state index contributed by atoms with van der Waals surface area (Å²) in [5.74, 6) is -0.101. The van der Waals surface area contributed by atoms with E-state index in [0.717, 1.165) is 25.3 Å². The van der Waals surface area contributed by atoms with E-state index in [-0.39, 0.29) is 5.82 Å². The third kappa shape index (κ3) is 3.64. The molecule has 1 aliphatic rings. The second kappa shape index (κ2) is 6.47. The molecule has 0 amide bonds. The van der Waals surface area contributed by atoms with Crippen LogP contribution in [0.2, 0.25) is 0 Å². The van der Waals surface area contributed by atoms with E-state index in [9.17, 15) is 10.1 Å². The summed E-state index contributed by atoms with van der Waals surface area (Å²) in [5, 5.41) is 14.1. The molecule has 1 fully saturated rings. The number of hydrogen-bond donors (Lipinski definition) is 1. The first-order valence-corrected chi connectivity index (χ1v) is 6.79. The third-order valence-corrected chi connectivity index (χ3v) is 3.52. The minimum atomic E-state index is -0.469. The Morgan fingerprint density at radius 1 is 1.53 bits per heavy atom. The summed E-state index contributed by atoms with van der Waals surface area (Å²) in [6.45, 7) is 4.97. The molecule has 0 saturated carbocycles. The van der Waals surface area contributed by atoms with Gasteiger partial charge in [-0.1, -0.05) is 6.42 Å². The predicted molar refractivity (Wildman–Crippen MR) is 74.4 cm³/mol. The fraction of sp³-hybridized carbons (Fsp3) is 0.615. The number of aromatic nitrogens is 1. The molecule has 0 radical (unpaired) electrons. The van der Waals surface area contributed by atoms with Crippen molar-refractivity contribution in [3.63, 3.8) is 0 Å². The number of nitro groups is 1. The first-order chi connectivity index (χ1) is 9.20. The number of hydrogen-bond acceptors (Lipinski definition) is 5. The Morgan fingerprint density at radius 3 is 2.89 bits per heavy atom. The van der Waals surface area contributed by atoms with Gasteiger partial charge in [-0.25, -0.2) is 0 Å². The molecule has 1 aromatic heterocycles. The molecule has 1 atom stereocenters. The minimum absolute atomic E-state index is 0.101. The van der Waals surface area contributed by atoms with Gasteiger partial charge in [-0.05, 0) is 42.3 Å². The van der Waals surface area contributed by atoms with Crippen molar-refractivity contribution in [3.8, 4) is 0 Å². The van der Waals surface area contributed by atoms with Crippen LogP contribution in [0, 0.1) is 10.1 Å². The van der Waals surface area contributed by atoms with Crippen molar-refractivity contribution in [1.82, 2.24) is 10.3 Å². The highest BCUT2D eigenvalue weighted by atomic mass is 16.6. The number of piperidine rings is 1. The summed E-state index contributed by atoms with van der Waals surface area (Å²) in [6.07, 6.45) is 5.30. The van der Waals surface area contributed by atoms with Crippen LogP contribution in [-0.4, -0.2) is 35.6 Å². The van der Waals surface area contributed by atoms with Gasteiger partial charge in [0.1, 0.15) is 0 Å². The molecular weight excluding hydrogens is 244 g/mol. The molecule has 104 valence electrons. The molecule has 0 bridgehead atoms. The first-order valence-electron chi connectivity index (χ1n) is 6.79. The fourth-order valence-corrected chi connectivity index (χ4v) is 2.44. The van der Waals surface area contributed by atoms with Crippen molar-refractivity contribution in [1.29, 1.82) is 0 Å². The van der Waals surface area contributed by atoms with Gasteiger partial charge in [0.2, 0.25) is 0 Å². The maximum atomic E-state index is 10.6. The van der Waals surface area contributed by atoms with Gasteiger partial charge in [0, 0.05) is 25.2 Å². The summed E-state index contributed by atoms with van der Waals surface area (Å²) in [4.78, 5) is 16.2. The van der Waals surface area contributed by atoms with Crippen LogP contribution >= 0.6 is 0 Å². The average Bonchev–Trinajstić information content (AvgIpc) is 2.46. The molecule has 1 saturated heterocycles. The zero-order valence-electron chi connectivity index (χ0n) is 11.2. The Bertz CT molecular complexity index is 415. The molecule has 0 aliphatic carbocycles. The van der Waals surface area contributed by atoms with Crippen molar-refractivity contribution < 1.29 is 4.92 Å². The molecule has 1 N–H and O–H groups in total. The van der Waals surface area contributed by atoms with Crippen molar-refractivity contribution in [2.24, 2.45) is 0 Å². The van der Waals surface area contributed by atoms with Crippen molar-refractivity contribution in [3.05, 3.63) is 28.4 Å². The quantitative estimate of drug-likeness (QED) is 0.650. The smallest absolute Gasteiger partial charge is 0.363 e. The average molecular weight is 264 g/mol. The highest BCUT2D eigenvalue weighted by molar-refractivity contribution is 5.46. The summed E-state index contributed by atoms with van der Waals surface area (Å²) >= 11 is 0. The van der Waals surface area contributed by atoms with Gasteiger partial charge in [0.05, 0.1) is 5.69 Å². The molecule has 2 rings (SSSR count). The van der Waals surface area contributed by atoms with Crippen molar-refractivity contribution in [2.75, 3.05) is 24.5 Å². The molecule has 19 heavy (non-hydrogen) atoms. The molecule has 0 aromatic carbocycles. The Balaban J connectivity index is 2.01. The van der Waals surface area contributed by atoms with Crippen LogP contribution in [0.1, 0.15) is 26.2 Å². The van der Waals surface area contributed by atoms with Gasteiger partial charge in [-0.2, -0.15) is 0 Å². The normalized spacial score (nSPS) is 19.1. The van der Waals surface area contributed by atoms with Gasteiger partial charge in [0.25, 0.3) is 0 Å². The number of nitrogens with one attached hydrogen (secondary N) is 1. The van der Waals surface area contributed by atoms with E-state index >= 15 is 0 Å². The number of nitrogens with zero attached hydrogens (tertiary/aromatic N) is 3. The van der Waals surface area contributed by atoms with Crippen molar-refractivity contribution in [2.45, 2.75) is 32.2 Å². The summed E-state index contributed by atoms with van der Waals surface area (Å²) in [5.41, 5.74) is 0.945. The van der Waals surface area contributed by atoms with Gasteiger partial charge in [-0.15, -0.1) is 0 Å². The van der Waals surface area contributed by atoms with Crippen LogP contribution in [0.3, 0.4) is 0 Å². The summed E-state index contributed by atoms with van der Waals surface area (Å²) in [7, 11) is 0. The second-order valence-electron chi connectivity index (χ2n) is 4.82. The molecular formula is C13H20N4O2. The van der Waals surface area contributed by atoms with E-state index < -0.39 is 4.92 Å². The summed E-state index contributed by atoms with van der Waals surface area (Å²) in [6, 6.07) is 3.74. The second-order valence-corrected chi connectivity index (χ2v) is 4.82. The maximum Gasteiger partial charge on any atom is 0.363 e. The van der Waals surface area contributed by atoms with Gasteiger partial charge in [-0.3, -0.25) is 0 Å². The molecule has 0 spiro atoms. The predicted octanol–water partition coefficient (Wildman–Crippen LogP) is 1.96. The van der Waals surface area contributed by atoms with E-state index in [0.29, 0.717) is 6.04 Å². The Hall–Kier alpha value is -1.69. The van der Waals surface area contributed by atoms with E-state index in [2.05, 4.69) is 22.1 Å². The number of likely N-dealkylation sites (N-methyl/N-ethyl adjacent to an activating group) is 1. The lowest BCUT2D eigenvalue weighted by Crippen LogP contribution is -2.43. The fourth-order valence-electron chi connectivity index (χ4n) is 2.44. The van der Waals surface area contributed by atoms with Crippen LogP contribution in [0.5, 0.6) is 0 Å². The Morgan fingerprint density at radius 2 is 2.37 bits per heavy atom. The van der Waals surface area contributed by atoms with Crippen LogP contribution < -0.4 is 10.2 Å². The first kappa shape index (κ1) is 13.7. The molecule has 6 nitrogen and oxygen atoms in total. The van der Waals surface area contributed by atoms with E-state index in [1.807, 2.05) is 0 Å². The Kier molecular flexibility index (Phi) is 4.68. The molecule has 1 aromatic rings. The molecule has 1 unspecified atom stereocenters. The van der Waals surface area contributed by atoms with E-state index in [1.165, 1.54) is 25.3 Å².